The molecule has 2 rings (SSSR count). The van der Waals surface area contributed by atoms with E-state index in [9.17, 15) is 14.4 Å². The van der Waals surface area contributed by atoms with Crippen molar-refractivity contribution in [3.05, 3.63) is 65.7 Å². The quantitative estimate of drug-likeness (QED) is 0.762. The molecule has 0 heterocycles. The Kier molecular flexibility index (Phi) is 6.71. The van der Waals surface area contributed by atoms with Crippen molar-refractivity contribution < 1.29 is 19.1 Å². The Balaban J connectivity index is 2.08. The van der Waals surface area contributed by atoms with Crippen LogP contribution in [0, 0.1) is 5.41 Å². The van der Waals surface area contributed by atoms with E-state index >= 15 is 0 Å². The fraction of sp³-hybridized carbons (Fsp3) is 0.286. The molecule has 2 aromatic rings. The normalized spacial score (nSPS) is 12.0. The Bertz CT molecular complexity index is 780. The minimum Gasteiger partial charge on any atom is -0.421 e. The molecule has 0 fully saturated rings. The molecule has 0 aliphatic carbocycles. The topological polar surface area (TPSA) is 84.5 Å². The molecule has 0 aromatic heterocycles. The summed E-state index contributed by atoms with van der Waals surface area (Å²) in [6.07, 6.45) is 0.395. The fourth-order valence-electron chi connectivity index (χ4n) is 2.19. The van der Waals surface area contributed by atoms with Gasteiger partial charge in [0, 0.05) is 23.1 Å². The number of hydrogen-bond acceptors (Lipinski definition) is 4. The van der Waals surface area contributed by atoms with Gasteiger partial charge >= 0.3 is 6.09 Å². The first-order valence-corrected chi connectivity index (χ1v) is 8.57. The molecule has 6 nitrogen and oxygen atoms in total. The third kappa shape index (κ3) is 6.26. The summed E-state index contributed by atoms with van der Waals surface area (Å²) in [5.74, 6) is -0.237. The van der Waals surface area contributed by atoms with Crippen LogP contribution in [-0.4, -0.2) is 18.3 Å². The van der Waals surface area contributed by atoms with Gasteiger partial charge in [-0.25, -0.2) is 4.79 Å². The lowest BCUT2D eigenvalue weighted by atomic mass is 9.95. The molecule has 0 saturated heterocycles. The van der Waals surface area contributed by atoms with Crippen molar-refractivity contribution in [1.82, 2.24) is 5.32 Å². The Morgan fingerprint density at radius 2 is 1.67 bits per heavy atom. The van der Waals surface area contributed by atoms with E-state index in [2.05, 4.69) is 10.6 Å². The van der Waals surface area contributed by atoms with E-state index in [0.717, 1.165) is 5.56 Å². The monoisotopic (exact) mass is 367 g/mol. The van der Waals surface area contributed by atoms with Gasteiger partial charge in [0.05, 0.1) is 0 Å². The Morgan fingerprint density at radius 3 is 2.22 bits per heavy atom. The molecular weight excluding hydrogens is 344 g/mol. The number of hydrogen-bond donors (Lipinski definition) is 2. The first-order valence-electron chi connectivity index (χ1n) is 8.57. The minimum atomic E-state index is -0.915. The molecule has 2 N–H and O–H groups in total. The van der Waals surface area contributed by atoms with Crippen molar-refractivity contribution in [3.8, 4) is 0 Å². The Morgan fingerprint density at radius 1 is 1.04 bits per heavy atom. The van der Waals surface area contributed by atoms with Crippen LogP contribution in [0.1, 0.15) is 38.1 Å². The van der Waals surface area contributed by atoms with Crippen LogP contribution in [-0.2, 0) is 20.7 Å². The molecule has 0 spiro atoms. The van der Waals surface area contributed by atoms with Gasteiger partial charge < -0.3 is 10.1 Å². The summed E-state index contributed by atoms with van der Waals surface area (Å²) in [6.45, 7) is 5.34. The second kappa shape index (κ2) is 8.98. The van der Waals surface area contributed by atoms with E-state index in [1.807, 2.05) is 12.4 Å². The van der Waals surface area contributed by atoms with Crippen LogP contribution < -0.4 is 10.6 Å². The van der Waals surface area contributed by atoms with Gasteiger partial charge in [-0.3, -0.25) is 14.9 Å². The predicted octanol–water partition coefficient (Wildman–Crippen LogP) is 3.75. The lowest BCUT2D eigenvalue weighted by Gasteiger charge is -2.24. The van der Waals surface area contributed by atoms with Crippen LogP contribution >= 0.6 is 0 Å². The zero-order valence-electron chi connectivity index (χ0n) is 15.6. The lowest BCUT2D eigenvalue weighted by Crippen LogP contribution is -2.39. The molecule has 6 heteroatoms. The number of carbonyl (C=O) groups excluding carboxylic acids is 3. The van der Waals surface area contributed by atoms with Crippen LogP contribution in [0.15, 0.2) is 54.6 Å². The summed E-state index contributed by atoms with van der Waals surface area (Å²) < 4.78 is 5.44. The number of amides is 2. The van der Waals surface area contributed by atoms with Crippen molar-refractivity contribution in [2.24, 2.45) is 5.41 Å². The maximum absolute atomic E-state index is 12.3. The standard InChI is InChI=1S/C21H23N2O4/c1-21(2,3)19(25)23-18(16-7-5-4-6-8-16)27-20(26)22-17-11-9-15(10-12-17)13-14-24/h4-12,18H,13H2,1-3H3,(H,22,26)(H,23,25). The first-order chi connectivity index (χ1) is 12.8. The first kappa shape index (κ1) is 20.2. The zero-order chi connectivity index (χ0) is 19.9. The highest BCUT2D eigenvalue weighted by molar-refractivity contribution is 5.85. The molecule has 0 aliphatic rings. The van der Waals surface area contributed by atoms with Crippen LogP contribution in [0.4, 0.5) is 10.5 Å². The van der Waals surface area contributed by atoms with Crippen LogP contribution in [0.2, 0.25) is 0 Å². The van der Waals surface area contributed by atoms with Crippen LogP contribution in [0.5, 0.6) is 0 Å². The van der Waals surface area contributed by atoms with Gasteiger partial charge in [0.15, 0.2) is 0 Å². The van der Waals surface area contributed by atoms with Crippen molar-refractivity contribution >= 4 is 24.0 Å². The molecular formula is C21H23N2O4. The second-order valence-corrected chi connectivity index (χ2v) is 7.06. The Hall–Kier alpha value is -3.15. The van der Waals surface area contributed by atoms with E-state index in [1.54, 1.807) is 69.3 Å². The molecule has 2 aromatic carbocycles. The maximum atomic E-state index is 12.3. The van der Waals surface area contributed by atoms with E-state index in [0.29, 0.717) is 11.3 Å². The van der Waals surface area contributed by atoms with E-state index in [4.69, 9.17) is 4.74 Å². The minimum absolute atomic E-state index is 0.194. The number of rotatable bonds is 6. The number of carbonyl (C=O) groups is 2. The van der Waals surface area contributed by atoms with E-state index in [-0.39, 0.29) is 12.3 Å². The van der Waals surface area contributed by atoms with Crippen molar-refractivity contribution in [3.63, 3.8) is 0 Å². The summed E-state index contributed by atoms with van der Waals surface area (Å²) in [6, 6.07) is 15.7. The second-order valence-electron chi connectivity index (χ2n) is 7.06. The average Bonchev–Trinajstić information content (AvgIpc) is 2.63. The molecule has 1 unspecified atom stereocenters. The molecule has 1 radical (unpaired) electrons. The van der Waals surface area contributed by atoms with Crippen molar-refractivity contribution in [2.75, 3.05) is 5.32 Å². The van der Waals surface area contributed by atoms with Gasteiger partial charge in [0.2, 0.25) is 18.4 Å². The van der Waals surface area contributed by atoms with Gasteiger partial charge in [-0.2, -0.15) is 0 Å². The van der Waals surface area contributed by atoms with E-state index in [1.165, 1.54) is 0 Å². The smallest absolute Gasteiger partial charge is 0.413 e. The van der Waals surface area contributed by atoms with Gasteiger partial charge in [0.25, 0.3) is 0 Å². The van der Waals surface area contributed by atoms with Gasteiger partial charge in [0.1, 0.15) is 0 Å². The van der Waals surface area contributed by atoms with Gasteiger partial charge in [-0.15, -0.1) is 0 Å². The predicted molar refractivity (Wildman–Crippen MR) is 103 cm³/mol. The molecule has 141 valence electrons. The molecule has 0 saturated carbocycles. The highest BCUT2D eigenvalue weighted by Gasteiger charge is 2.26. The van der Waals surface area contributed by atoms with Gasteiger partial charge in [-0.1, -0.05) is 63.2 Å². The fourth-order valence-corrected chi connectivity index (χ4v) is 2.19. The largest absolute Gasteiger partial charge is 0.421 e. The van der Waals surface area contributed by atoms with Crippen LogP contribution in [0.25, 0.3) is 0 Å². The molecule has 0 bridgehead atoms. The summed E-state index contributed by atoms with van der Waals surface area (Å²) in [5.41, 5.74) is 1.34. The van der Waals surface area contributed by atoms with E-state index < -0.39 is 17.7 Å². The molecule has 0 aliphatic heterocycles. The third-order valence-electron chi connectivity index (χ3n) is 3.75. The highest BCUT2D eigenvalue weighted by Crippen LogP contribution is 2.20. The van der Waals surface area contributed by atoms with Crippen molar-refractivity contribution in [1.29, 1.82) is 0 Å². The summed E-state index contributed by atoms with van der Waals surface area (Å²) in [7, 11) is 0. The highest BCUT2D eigenvalue weighted by atomic mass is 16.6. The number of anilines is 1. The number of nitrogens with one attached hydrogen (secondary N) is 2. The zero-order valence-corrected chi connectivity index (χ0v) is 15.6. The average molecular weight is 367 g/mol. The summed E-state index contributed by atoms with van der Waals surface area (Å²) in [4.78, 5) is 35.0. The third-order valence-corrected chi connectivity index (χ3v) is 3.75. The van der Waals surface area contributed by atoms with Gasteiger partial charge in [-0.05, 0) is 17.7 Å². The Labute approximate surface area is 158 Å². The van der Waals surface area contributed by atoms with Crippen LogP contribution in [0.3, 0.4) is 0 Å². The molecule has 2 amide bonds. The number of benzene rings is 2. The molecule has 1 atom stereocenters. The molecule has 27 heavy (non-hydrogen) atoms. The lowest BCUT2D eigenvalue weighted by molar-refractivity contribution is -0.131. The SMILES string of the molecule is CC(C)(C)C(=O)NC(OC(=O)Nc1ccc(C[C]=O)cc1)c1ccccc1. The van der Waals surface area contributed by atoms with Crippen molar-refractivity contribution in [2.45, 2.75) is 33.4 Å². The summed E-state index contributed by atoms with van der Waals surface area (Å²) in [5, 5.41) is 5.36. The summed E-state index contributed by atoms with van der Waals surface area (Å²) >= 11 is 0. The maximum Gasteiger partial charge on any atom is 0.413 e. The number of ether oxygens (including phenoxy) is 1.